The minimum absolute atomic E-state index is 0.245. The van der Waals surface area contributed by atoms with Gasteiger partial charge in [-0.3, -0.25) is 4.99 Å². The smallest absolute Gasteiger partial charge is 0.191 e. The maximum Gasteiger partial charge on any atom is 0.191 e. The molecular formula is C17H29N5O. The molecule has 0 saturated carbocycles. The van der Waals surface area contributed by atoms with Gasteiger partial charge in [0.15, 0.2) is 5.96 Å². The van der Waals surface area contributed by atoms with Crippen LogP contribution in [-0.2, 0) is 11.3 Å². The fourth-order valence-corrected chi connectivity index (χ4v) is 2.72. The highest BCUT2D eigenvalue weighted by Gasteiger charge is 2.22. The van der Waals surface area contributed by atoms with E-state index in [9.17, 15) is 0 Å². The van der Waals surface area contributed by atoms with Gasteiger partial charge in [0.05, 0.1) is 12.2 Å². The van der Waals surface area contributed by atoms with E-state index in [4.69, 9.17) is 4.74 Å². The van der Waals surface area contributed by atoms with E-state index in [-0.39, 0.29) is 12.2 Å². The Bertz CT molecular complexity index is 492. The van der Waals surface area contributed by atoms with Crippen molar-refractivity contribution in [3.8, 4) is 0 Å². The summed E-state index contributed by atoms with van der Waals surface area (Å²) in [5.74, 6) is 1.84. The highest BCUT2D eigenvalue weighted by molar-refractivity contribution is 5.79. The van der Waals surface area contributed by atoms with Crippen LogP contribution in [0.5, 0.6) is 0 Å². The van der Waals surface area contributed by atoms with Gasteiger partial charge in [-0.1, -0.05) is 13.0 Å². The molecule has 1 aliphatic rings. The predicted octanol–water partition coefficient (Wildman–Crippen LogP) is 1.77. The molecule has 0 amide bonds. The van der Waals surface area contributed by atoms with Gasteiger partial charge >= 0.3 is 0 Å². The van der Waals surface area contributed by atoms with E-state index in [0.29, 0.717) is 6.54 Å². The van der Waals surface area contributed by atoms with Crippen LogP contribution in [-0.4, -0.2) is 49.8 Å². The summed E-state index contributed by atoms with van der Waals surface area (Å²) in [4.78, 5) is 11.1. The Morgan fingerprint density at radius 1 is 1.30 bits per heavy atom. The van der Waals surface area contributed by atoms with E-state index in [1.54, 1.807) is 7.05 Å². The maximum absolute atomic E-state index is 5.77. The van der Waals surface area contributed by atoms with E-state index >= 15 is 0 Å². The Morgan fingerprint density at radius 3 is 2.61 bits per heavy atom. The fraction of sp³-hybridized carbons (Fsp3) is 0.647. The van der Waals surface area contributed by atoms with Gasteiger partial charge in [-0.25, -0.2) is 4.98 Å². The van der Waals surface area contributed by atoms with Gasteiger partial charge in [-0.2, -0.15) is 0 Å². The average molecular weight is 319 g/mol. The van der Waals surface area contributed by atoms with Crippen molar-refractivity contribution in [2.75, 3.05) is 31.6 Å². The molecule has 1 fully saturated rings. The summed E-state index contributed by atoms with van der Waals surface area (Å²) in [5.41, 5.74) is 1.14. The monoisotopic (exact) mass is 319 g/mol. The number of nitrogens with zero attached hydrogens (tertiary/aromatic N) is 3. The number of aliphatic imine (C=N–C) groups is 1. The van der Waals surface area contributed by atoms with Crippen LogP contribution in [0.15, 0.2) is 23.3 Å². The zero-order valence-corrected chi connectivity index (χ0v) is 14.7. The van der Waals surface area contributed by atoms with E-state index in [0.717, 1.165) is 43.4 Å². The third-order valence-electron chi connectivity index (χ3n) is 3.78. The Kier molecular flexibility index (Phi) is 6.65. The van der Waals surface area contributed by atoms with Crippen LogP contribution in [0.2, 0.25) is 0 Å². The zero-order chi connectivity index (χ0) is 16.7. The van der Waals surface area contributed by atoms with Gasteiger partial charge < -0.3 is 20.3 Å². The molecule has 2 N–H and O–H groups in total. The molecule has 1 aromatic heterocycles. The van der Waals surface area contributed by atoms with Gasteiger partial charge in [0, 0.05) is 39.4 Å². The first kappa shape index (κ1) is 17.5. The summed E-state index contributed by atoms with van der Waals surface area (Å²) in [5, 5.41) is 6.56. The molecule has 0 radical (unpaired) electrons. The zero-order valence-electron chi connectivity index (χ0n) is 14.7. The lowest BCUT2D eigenvalue weighted by Crippen LogP contribution is -2.45. The van der Waals surface area contributed by atoms with Crippen LogP contribution in [0, 0.1) is 0 Å². The summed E-state index contributed by atoms with van der Waals surface area (Å²) >= 11 is 0. The maximum atomic E-state index is 5.77. The van der Waals surface area contributed by atoms with Crippen LogP contribution in [0.3, 0.4) is 0 Å². The predicted molar refractivity (Wildman–Crippen MR) is 95.0 cm³/mol. The van der Waals surface area contributed by atoms with Gasteiger partial charge in [0.1, 0.15) is 5.82 Å². The number of hydrogen-bond donors (Lipinski definition) is 2. The van der Waals surface area contributed by atoms with E-state index < -0.39 is 0 Å². The van der Waals surface area contributed by atoms with Crippen LogP contribution in [0.25, 0.3) is 0 Å². The Hall–Kier alpha value is -1.82. The first-order valence-corrected chi connectivity index (χ1v) is 8.42. The lowest BCUT2D eigenvalue weighted by atomic mass is 10.2. The van der Waals surface area contributed by atoms with Gasteiger partial charge in [0.25, 0.3) is 0 Å². The molecule has 0 aromatic carbocycles. The molecule has 23 heavy (non-hydrogen) atoms. The molecule has 2 heterocycles. The molecule has 128 valence electrons. The lowest BCUT2D eigenvalue weighted by molar-refractivity contribution is -0.00545. The highest BCUT2D eigenvalue weighted by atomic mass is 16.5. The minimum Gasteiger partial charge on any atom is -0.372 e. The van der Waals surface area contributed by atoms with E-state index in [1.807, 2.05) is 6.20 Å². The summed E-state index contributed by atoms with van der Waals surface area (Å²) in [6.07, 6.45) is 3.50. The van der Waals surface area contributed by atoms with E-state index in [2.05, 4.69) is 58.4 Å². The SMILES string of the molecule is CCCNC(=NC)NCc1ccc(N2CC(C)OC(C)C2)nc1. The number of hydrogen-bond acceptors (Lipinski definition) is 4. The molecule has 0 aliphatic carbocycles. The van der Waals surface area contributed by atoms with Crippen molar-refractivity contribution in [2.24, 2.45) is 4.99 Å². The van der Waals surface area contributed by atoms with Crippen molar-refractivity contribution >= 4 is 11.8 Å². The van der Waals surface area contributed by atoms with Crippen LogP contribution in [0.1, 0.15) is 32.8 Å². The molecule has 0 spiro atoms. The lowest BCUT2D eigenvalue weighted by Gasteiger charge is -2.36. The Morgan fingerprint density at radius 2 is 2.04 bits per heavy atom. The number of pyridine rings is 1. The average Bonchev–Trinajstić information content (AvgIpc) is 2.54. The number of nitrogens with one attached hydrogen (secondary N) is 2. The normalized spacial score (nSPS) is 22.1. The van der Waals surface area contributed by atoms with Gasteiger partial charge in [-0.05, 0) is 31.9 Å². The third kappa shape index (κ3) is 5.39. The molecule has 2 atom stereocenters. The van der Waals surface area contributed by atoms with Crippen molar-refractivity contribution in [3.05, 3.63) is 23.9 Å². The molecular weight excluding hydrogens is 290 g/mol. The molecule has 1 aliphatic heterocycles. The van der Waals surface area contributed by atoms with Crippen molar-refractivity contribution in [1.82, 2.24) is 15.6 Å². The number of anilines is 1. The molecule has 2 unspecified atom stereocenters. The topological polar surface area (TPSA) is 61.8 Å². The number of morpholine rings is 1. The summed E-state index contributed by atoms with van der Waals surface area (Å²) in [6.45, 7) is 9.77. The Labute approximate surface area is 139 Å². The molecule has 6 nitrogen and oxygen atoms in total. The van der Waals surface area contributed by atoms with Crippen molar-refractivity contribution in [1.29, 1.82) is 0 Å². The van der Waals surface area contributed by atoms with Crippen LogP contribution < -0.4 is 15.5 Å². The second kappa shape index (κ2) is 8.72. The minimum atomic E-state index is 0.245. The number of guanidine groups is 1. The first-order chi connectivity index (χ1) is 11.1. The fourth-order valence-electron chi connectivity index (χ4n) is 2.72. The second-order valence-electron chi connectivity index (χ2n) is 6.04. The standard InChI is InChI=1S/C17H29N5O/c1-5-8-19-17(18-4)21-10-15-6-7-16(20-9-15)22-11-13(2)23-14(3)12-22/h6-7,9,13-14H,5,8,10-12H2,1-4H3,(H2,18,19,21). The molecule has 1 saturated heterocycles. The van der Waals surface area contributed by atoms with Crippen molar-refractivity contribution < 1.29 is 4.74 Å². The second-order valence-corrected chi connectivity index (χ2v) is 6.04. The van der Waals surface area contributed by atoms with Crippen LogP contribution in [0.4, 0.5) is 5.82 Å². The molecule has 1 aromatic rings. The quantitative estimate of drug-likeness (QED) is 0.640. The highest BCUT2D eigenvalue weighted by Crippen LogP contribution is 2.18. The van der Waals surface area contributed by atoms with Crippen LogP contribution >= 0.6 is 0 Å². The van der Waals surface area contributed by atoms with Crippen molar-refractivity contribution in [3.63, 3.8) is 0 Å². The van der Waals surface area contributed by atoms with E-state index in [1.165, 1.54) is 0 Å². The summed E-state index contributed by atoms with van der Waals surface area (Å²) in [6, 6.07) is 4.21. The van der Waals surface area contributed by atoms with Crippen molar-refractivity contribution in [2.45, 2.75) is 45.9 Å². The molecule has 6 heteroatoms. The summed E-state index contributed by atoms with van der Waals surface area (Å²) in [7, 11) is 1.78. The first-order valence-electron chi connectivity index (χ1n) is 8.42. The number of rotatable bonds is 5. The number of aromatic nitrogens is 1. The van der Waals surface area contributed by atoms with Gasteiger partial charge in [-0.15, -0.1) is 0 Å². The summed E-state index contributed by atoms with van der Waals surface area (Å²) < 4.78 is 5.77. The van der Waals surface area contributed by atoms with Gasteiger partial charge in [0.2, 0.25) is 0 Å². The number of ether oxygens (including phenoxy) is 1. The molecule has 2 rings (SSSR count). The third-order valence-corrected chi connectivity index (χ3v) is 3.78. The molecule has 0 bridgehead atoms. The Balaban J connectivity index is 1.89. The largest absolute Gasteiger partial charge is 0.372 e.